The van der Waals surface area contributed by atoms with Gasteiger partial charge in [-0.2, -0.15) is 5.10 Å². The molecule has 0 atom stereocenters. The fraction of sp³-hybridized carbons (Fsp3) is 0.304. The molecule has 3 aromatic rings. The van der Waals surface area contributed by atoms with Gasteiger partial charge in [0, 0.05) is 11.9 Å². The predicted molar refractivity (Wildman–Crippen MR) is 122 cm³/mol. The standard InChI is InChI=1S/C23H26N4O6/c1-5-10-27-23(30)16-9-7-6-8-15(16)20(26-27)22(29)25-24-19(28)13-14-11-17(31-2)21(33-4)18(12-14)32-3/h6-9,11-12H,5,10,13H2,1-4H3,(H,24,28)(H,25,29). The highest BCUT2D eigenvalue weighted by molar-refractivity contribution is 6.05. The van der Waals surface area contributed by atoms with E-state index in [2.05, 4.69) is 16.0 Å². The van der Waals surface area contributed by atoms with Crippen molar-refractivity contribution >= 4 is 22.6 Å². The highest BCUT2D eigenvalue weighted by Gasteiger charge is 2.18. The molecule has 2 N–H and O–H groups in total. The summed E-state index contributed by atoms with van der Waals surface area (Å²) in [6, 6.07) is 10.0. The van der Waals surface area contributed by atoms with E-state index in [0.717, 1.165) is 0 Å². The van der Waals surface area contributed by atoms with Crippen LogP contribution in [0.2, 0.25) is 0 Å². The third-order valence-electron chi connectivity index (χ3n) is 4.92. The topological polar surface area (TPSA) is 121 Å². The molecule has 0 spiro atoms. The van der Waals surface area contributed by atoms with Crippen LogP contribution in [0.15, 0.2) is 41.2 Å². The third kappa shape index (κ3) is 5.05. The molecule has 174 valence electrons. The number of hydrogen-bond donors (Lipinski definition) is 2. The number of nitrogens with one attached hydrogen (secondary N) is 2. The fourth-order valence-corrected chi connectivity index (χ4v) is 3.42. The van der Waals surface area contributed by atoms with Gasteiger partial charge in [-0.05, 0) is 30.2 Å². The van der Waals surface area contributed by atoms with Crippen molar-refractivity contribution in [3.05, 3.63) is 58.0 Å². The molecule has 0 aliphatic heterocycles. The predicted octanol–water partition coefficient (Wildman–Crippen LogP) is 1.84. The summed E-state index contributed by atoms with van der Waals surface area (Å²) in [5.41, 5.74) is 5.13. The lowest BCUT2D eigenvalue weighted by Crippen LogP contribution is -2.43. The molecule has 10 heteroatoms. The van der Waals surface area contributed by atoms with Crippen molar-refractivity contribution in [1.29, 1.82) is 0 Å². The molecule has 1 heterocycles. The molecule has 0 fully saturated rings. The molecule has 0 aliphatic carbocycles. The monoisotopic (exact) mass is 454 g/mol. The van der Waals surface area contributed by atoms with Gasteiger partial charge in [0.25, 0.3) is 11.5 Å². The van der Waals surface area contributed by atoms with Crippen LogP contribution in [0.5, 0.6) is 17.2 Å². The molecule has 0 aliphatic rings. The van der Waals surface area contributed by atoms with Crippen LogP contribution in [0.25, 0.3) is 10.8 Å². The first-order chi connectivity index (χ1) is 15.9. The summed E-state index contributed by atoms with van der Waals surface area (Å²) in [5, 5.41) is 5.00. The maximum absolute atomic E-state index is 12.8. The maximum Gasteiger partial charge on any atom is 0.290 e. The average molecular weight is 454 g/mol. The summed E-state index contributed by atoms with van der Waals surface area (Å²) in [7, 11) is 4.46. The number of aryl methyl sites for hydroxylation is 1. The smallest absolute Gasteiger partial charge is 0.290 e. The minimum atomic E-state index is -0.630. The van der Waals surface area contributed by atoms with E-state index in [1.807, 2.05) is 6.92 Å². The first kappa shape index (κ1) is 23.6. The van der Waals surface area contributed by atoms with Crippen molar-refractivity contribution in [1.82, 2.24) is 20.6 Å². The van der Waals surface area contributed by atoms with Crippen molar-refractivity contribution in [3.8, 4) is 17.2 Å². The minimum absolute atomic E-state index is 0.0479. The number of carbonyl (C=O) groups is 2. The van der Waals surface area contributed by atoms with E-state index in [9.17, 15) is 14.4 Å². The quantitative estimate of drug-likeness (QED) is 0.498. The van der Waals surface area contributed by atoms with Crippen molar-refractivity contribution in [2.75, 3.05) is 21.3 Å². The second-order valence-electron chi connectivity index (χ2n) is 7.14. The second-order valence-corrected chi connectivity index (χ2v) is 7.14. The zero-order chi connectivity index (χ0) is 24.0. The Labute approximate surface area is 190 Å². The third-order valence-corrected chi connectivity index (χ3v) is 4.92. The van der Waals surface area contributed by atoms with Gasteiger partial charge in [-0.3, -0.25) is 25.2 Å². The number of benzene rings is 2. The SMILES string of the molecule is CCCn1nc(C(=O)NNC(=O)Cc2cc(OC)c(OC)c(OC)c2)c2ccccc2c1=O. The van der Waals surface area contributed by atoms with Crippen molar-refractivity contribution in [2.45, 2.75) is 26.3 Å². The number of fused-ring (bicyclic) bond motifs is 1. The highest BCUT2D eigenvalue weighted by Crippen LogP contribution is 2.38. The van der Waals surface area contributed by atoms with Gasteiger partial charge in [-0.15, -0.1) is 0 Å². The molecule has 0 bridgehead atoms. The summed E-state index contributed by atoms with van der Waals surface area (Å²) >= 11 is 0. The van der Waals surface area contributed by atoms with Crippen LogP contribution >= 0.6 is 0 Å². The van der Waals surface area contributed by atoms with E-state index in [4.69, 9.17) is 14.2 Å². The Morgan fingerprint density at radius 3 is 2.18 bits per heavy atom. The Bertz CT molecular complexity index is 1210. The van der Waals surface area contributed by atoms with Crippen LogP contribution in [-0.2, 0) is 17.8 Å². The number of hydrazine groups is 1. The van der Waals surface area contributed by atoms with Crippen molar-refractivity contribution in [2.24, 2.45) is 0 Å². The second kappa shape index (κ2) is 10.5. The van der Waals surface area contributed by atoms with Gasteiger partial charge in [0.1, 0.15) is 0 Å². The molecule has 0 saturated heterocycles. The molecular weight excluding hydrogens is 428 g/mol. The van der Waals surface area contributed by atoms with Crippen LogP contribution in [-0.4, -0.2) is 42.9 Å². The lowest BCUT2D eigenvalue weighted by Gasteiger charge is -2.14. The van der Waals surface area contributed by atoms with Crippen LogP contribution in [0, 0.1) is 0 Å². The summed E-state index contributed by atoms with van der Waals surface area (Å²) in [5.74, 6) is 0.144. The lowest BCUT2D eigenvalue weighted by molar-refractivity contribution is -0.121. The van der Waals surface area contributed by atoms with Gasteiger partial charge < -0.3 is 14.2 Å². The van der Waals surface area contributed by atoms with Crippen LogP contribution < -0.4 is 30.6 Å². The normalized spacial score (nSPS) is 10.5. The van der Waals surface area contributed by atoms with Crippen molar-refractivity contribution < 1.29 is 23.8 Å². The number of hydrogen-bond acceptors (Lipinski definition) is 7. The molecule has 0 unspecified atom stereocenters. The van der Waals surface area contributed by atoms with E-state index >= 15 is 0 Å². The minimum Gasteiger partial charge on any atom is -0.493 e. The number of aromatic nitrogens is 2. The Morgan fingerprint density at radius 2 is 1.61 bits per heavy atom. The summed E-state index contributed by atoms with van der Waals surface area (Å²) in [6.45, 7) is 2.28. The number of methoxy groups -OCH3 is 3. The van der Waals surface area contributed by atoms with Gasteiger partial charge in [-0.25, -0.2) is 4.68 Å². The van der Waals surface area contributed by atoms with E-state index in [1.165, 1.54) is 26.0 Å². The number of rotatable bonds is 8. The van der Waals surface area contributed by atoms with Gasteiger partial charge in [-0.1, -0.05) is 25.1 Å². The van der Waals surface area contributed by atoms with Gasteiger partial charge in [0.2, 0.25) is 11.7 Å². The molecule has 33 heavy (non-hydrogen) atoms. The summed E-state index contributed by atoms with van der Waals surface area (Å²) in [6.07, 6.45) is 0.623. The summed E-state index contributed by atoms with van der Waals surface area (Å²) in [4.78, 5) is 37.9. The fourth-order valence-electron chi connectivity index (χ4n) is 3.42. The largest absolute Gasteiger partial charge is 0.493 e. The molecular formula is C23H26N4O6. The average Bonchev–Trinajstić information content (AvgIpc) is 2.83. The van der Waals surface area contributed by atoms with Crippen LogP contribution in [0.3, 0.4) is 0 Å². The van der Waals surface area contributed by atoms with E-state index in [0.29, 0.717) is 46.6 Å². The first-order valence-corrected chi connectivity index (χ1v) is 10.3. The van der Waals surface area contributed by atoms with E-state index < -0.39 is 11.8 Å². The Hall–Kier alpha value is -4.08. The zero-order valence-electron chi connectivity index (χ0n) is 18.9. The maximum atomic E-state index is 12.8. The molecule has 0 radical (unpaired) electrons. The van der Waals surface area contributed by atoms with Gasteiger partial charge >= 0.3 is 0 Å². The Kier molecular flexibility index (Phi) is 7.50. The lowest BCUT2D eigenvalue weighted by atomic mass is 10.1. The highest BCUT2D eigenvalue weighted by atomic mass is 16.5. The van der Waals surface area contributed by atoms with Crippen molar-refractivity contribution in [3.63, 3.8) is 0 Å². The molecule has 0 saturated carbocycles. The number of amides is 2. The van der Waals surface area contributed by atoms with Crippen LogP contribution in [0.4, 0.5) is 0 Å². The van der Waals surface area contributed by atoms with Crippen LogP contribution in [0.1, 0.15) is 29.4 Å². The molecule has 2 amide bonds. The molecule has 1 aromatic heterocycles. The Balaban J connectivity index is 1.78. The van der Waals surface area contributed by atoms with E-state index in [-0.39, 0.29) is 17.7 Å². The zero-order valence-corrected chi connectivity index (χ0v) is 18.9. The van der Waals surface area contributed by atoms with Gasteiger partial charge in [0.05, 0.1) is 33.1 Å². The number of carbonyl (C=O) groups excluding carboxylic acids is 2. The number of ether oxygens (including phenoxy) is 3. The molecule has 10 nitrogen and oxygen atoms in total. The Morgan fingerprint density at radius 1 is 0.970 bits per heavy atom. The molecule has 2 aromatic carbocycles. The number of nitrogens with zero attached hydrogens (tertiary/aromatic N) is 2. The summed E-state index contributed by atoms with van der Waals surface area (Å²) < 4.78 is 17.1. The van der Waals surface area contributed by atoms with Gasteiger partial charge in [0.15, 0.2) is 17.2 Å². The van der Waals surface area contributed by atoms with E-state index in [1.54, 1.807) is 36.4 Å². The molecule has 3 rings (SSSR count). The first-order valence-electron chi connectivity index (χ1n) is 10.3.